The van der Waals surface area contributed by atoms with Gasteiger partial charge in [-0.25, -0.2) is 9.78 Å². The van der Waals surface area contributed by atoms with Crippen molar-refractivity contribution in [2.75, 3.05) is 6.54 Å². The van der Waals surface area contributed by atoms with Gasteiger partial charge in [-0.15, -0.1) is 11.3 Å². The Bertz CT molecular complexity index is 1330. The molecule has 1 aromatic heterocycles. The molecule has 5 nitrogen and oxygen atoms in total. The van der Waals surface area contributed by atoms with Gasteiger partial charge < -0.3 is 9.64 Å². The molecule has 2 aliphatic heterocycles. The van der Waals surface area contributed by atoms with Crippen LogP contribution < -0.4 is 0 Å². The third-order valence-corrected chi connectivity index (χ3v) is 7.64. The quantitative estimate of drug-likeness (QED) is 0.371. The van der Waals surface area contributed by atoms with Crippen molar-refractivity contribution in [1.29, 1.82) is 0 Å². The van der Waals surface area contributed by atoms with Crippen LogP contribution in [0.25, 0.3) is 10.2 Å². The van der Waals surface area contributed by atoms with Crippen LogP contribution in [-0.4, -0.2) is 28.3 Å². The number of fused-ring (bicyclic) bond motifs is 2. The molecule has 0 unspecified atom stereocenters. The fourth-order valence-electron chi connectivity index (χ4n) is 4.85. The minimum absolute atomic E-state index is 0.00485. The molecule has 1 fully saturated rings. The number of cyclic esters (lactones) is 1. The van der Waals surface area contributed by atoms with E-state index in [-0.39, 0.29) is 24.0 Å². The highest BCUT2D eigenvalue weighted by Crippen LogP contribution is 2.38. The third-order valence-electron chi connectivity index (χ3n) is 6.51. The van der Waals surface area contributed by atoms with Crippen LogP contribution >= 0.6 is 11.3 Å². The lowest BCUT2D eigenvalue weighted by atomic mass is 9.93. The molecule has 0 N–H and O–H groups in total. The standard InChI is InChI=1S/C27H22N2O3S/c30-26(29-14-6-10-22(29)25-28-21-9-4-5-11-24(21)33-25)18-12-13-20-19(15-18)16-23(32-27(20)31)17-7-2-1-3-8-17/h1-5,7-9,11-13,15,22-23H,6,10,14,16H2/t22-,23-/m1/s1. The SMILES string of the molecule is O=C1O[C@@H](c2ccccc2)Cc2cc(C(=O)N3CCC[C@@H]3c3nc4ccccc4s3)ccc21. The first-order valence-electron chi connectivity index (χ1n) is 11.2. The minimum atomic E-state index is -0.336. The first-order valence-corrected chi connectivity index (χ1v) is 12.0. The van der Waals surface area contributed by atoms with Gasteiger partial charge in [-0.2, -0.15) is 0 Å². The van der Waals surface area contributed by atoms with Crippen molar-refractivity contribution in [3.05, 3.63) is 100 Å². The van der Waals surface area contributed by atoms with Crippen molar-refractivity contribution in [3.8, 4) is 0 Å². The molecule has 0 saturated carbocycles. The topological polar surface area (TPSA) is 59.5 Å². The van der Waals surface area contributed by atoms with Crippen LogP contribution in [-0.2, 0) is 11.2 Å². The highest BCUT2D eigenvalue weighted by atomic mass is 32.1. The number of likely N-dealkylation sites (tertiary alicyclic amines) is 1. The number of para-hydroxylation sites is 1. The smallest absolute Gasteiger partial charge is 0.339 e. The zero-order chi connectivity index (χ0) is 22.4. The van der Waals surface area contributed by atoms with Crippen molar-refractivity contribution in [1.82, 2.24) is 9.88 Å². The summed E-state index contributed by atoms with van der Waals surface area (Å²) in [5.41, 5.74) is 3.97. The van der Waals surface area contributed by atoms with Crippen LogP contribution in [0.4, 0.5) is 0 Å². The largest absolute Gasteiger partial charge is 0.454 e. The molecule has 4 aromatic rings. The van der Waals surface area contributed by atoms with E-state index in [9.17, 15) is 9.59 Å². The fraction of sp³-hybridized carbons (Fsp3) is 0.222. The van der Waals surface area contributed by atoms with E-state index in [1.807, 2.05) is 59.5 Å². The summed E-state index contributed by atoms with van der Waals surface area (Å²) in [6, 6.07) is 23.2. The van der Waals surface area contributed by atoms with Gasteiger partial charge in [-0.1, -0.05) is 42.5 Å². The zero-order valence-electron chi connectivity index (χ0n) is 17.9. The Kier molecular flexibility index (Phi) is 4.95. The molecule has 1 amide bonds. The van der Waals surface area contributed by atoms with Crippen LogP contribution in [0.3, 0.4) is 0 Å². The first kappa shape index (κ1) is 20.1. The summed E-state index contributed by atoms with van der Waals surface area (Å²) >= 11 is 1.67. The van der Waals surface area contributed by atoms with Crippen molar-refractivity contribution < 1.29 is 14.3 Å². The van der Waals surface area contributed by atoms with E-state index in [4.69, 9.17) is 9.72 Å². The highest BCUT2D eigenvalue weighted by Gasteiger charge is 2.34. The van der Waals surface area contributed by atoms with Gasteiger partial charge in [0.15, 0.2) is 0 Å². The van der Waals surface area contributed by atoms with Gasteiger partial charge in [-0.3, -0.25) is 4.79 Å². The fourth-order valence-corrected chi connectivity index (χ4v) is 5.96. The maximum Gasteiger partial charge on any atom is 0.339 e. The number of rotatable bonds is 3. The Balaban J connectivity index is 1.29. The van der Waals surface area contributed by atoms with Gasteiger partial charge in [0, 0.05) is 18.5 Å². The molecule has 0 aliphatic carbocycles. The summed E-state index contributed by atoms with van der Waals surface area (Å²) in [5, 5.41) is 0.993. The lowest BCUT2D eigenvalue weighted by molar-refractivity contribution is 0.0252. The molecule has 33 heavy (non-hydrogen) atoms. The van der Waals surface area contributed by atoms with Gasteiger partial charge >= 0.3 is 5.97 Å². The van der Waals surface area contributed by atoms with Crippen LogP contribution in [0.2, 0.25) is 0 Å². The van der Waals surface area contributed by atoms with Crippen LogP contribution in [0.15, 0.2) is 72.8 Å². The molecule has 0 bridgehead atoms. The zero-order valence-corrected chi connectivity index (χ0v) is 18.8. The predicted octanol–water partition coefficient (Wildman–Crippen LogP) is 5.73. The third kappa shape index (κ3) is 3.60. The lowest BCUT2D eigenvalue weighted by Gasteiger charge is -2.27. The second-order valence-corrected chi connectivity index (χ2v) is 9.62. The second kappa shape index (κ2) is 8.12. The van der Waals surface area contributed by atoms with Crippen molar-refractivity contribution in [2.24, 2.45) is 0 Å². The number of hydrogen-bond donors (Lipinski definition) is 0. The van der Waals surface area contributed by atoms with E-state index >= 15 is 0 Å². The summed E-state index contributed by atoms with van der Waals surface area (Å²) in [7, 11) is 0. The summed E-state index contributed by atoms with van der Waals surface area (Å²) in [5.74, 6) is -0.340. The molecule has 164 valence electrons. The lowest BCUT2D eigenvalue weighted by Crippen LogP contribution is -2.31. The van der Waals surface area contributed by atoms with E-state index in [2.05, 4.69) is 6.07 Å². The second-order valence-electron chi connectivity index (χ2n) is 8.56. The Morgan fingerprint density at radius 2 is 1.85 bits per heavy atom. The molecule has 2 atom stereocenters. The Morgan fingerprint density at radius 3 is 2.70 bits per heavy atom. The van der Waals surface area contributed by atoms with Crippen LogP contribution in [0.1, 0.15) is 61.8 Å². The molecule has 2 aliphatic rings. The summed E-state index contributed by atoms with van der Waals surface area (Å²) < 4.78 is 6.81. The first-order chi connectivity index (χ1) is 16.2. The van der Waals surface area contributed by atoms with Gasteiger partial charge in [0.1, 0.15) is 11.1 Å². The van der Waals surface area contributed by atoms with Gasteiger partial charge in [-0.05, 0) is 54.3 Å². The summed E-state index contributed by atoms with van der Waals surface area (Å²) in [6.45, 7) is 0.713. The van der Waals surface area contributed by atoms with Gasteiger partial charge in [0.05, 0.1) is 21.8 Å². The van der Waals surface area contributed by atoms with Crippen molar-refractivity contribution in [2.45, 2.75) is 31.4 Å². The number of aromatic nitrogens is 1. The van der Waals surface area contributed by atoms with Gasteiger partial charge in [0.25, 0.3) is 5.91 Å². The van der Waals surface area contributed by atoms with E-state index in [1.165, 1.54) is 0 Å². The van der Waals surface area contributed by atoms with Crippen LogP contribution in [0.5, 0.6) is 0 Å². The molecule has 6 heteroatoms. The predicted molar refractivity (Wildman–Crippen MR) is 127 cm³/mol. The van der Waals surface area contributed by atoms with E-state index < -0.39 is 0 Å². The maximum atomic E-state index is 13.6. The molecule has 0 radical (unpaired) electrons. The normalized spacial score (nSPS) is 20.0. The molecular formula is C27H22N2O3S. The number of amides is 1. The minimum Gasteiger partial charge on any atom is -0.454 e. The average Bonchev–Trinajstić information content (AvgIpc) is 3.51. The summed E-state index contributed by atoms with van der Waals surface area (Å²) in [4.78, 5) is 32.9. The Labute approximate surface area is 195 Å². The number of hydrogen-bond acceptors (Lipinski definition) is 5. The average molecular weight is 455 g/mol. The van der Waals surface area contributed by atoms with Crippen molar-refractivity contribution >= 4 is 33.4 Å². The molecule has 1 saturated heterocycles. The number of carbonyl (C=O) groups is 2. The Morgan fingerprint density at radius 1 is 1.03 bits per heavy atom. The van der Waals surface area contributed by atoms with E-state index in [0.717, 1.165) is 39.2 Å². The van der Waals surface area contributed by atoms with E-state index in [0.29, 0.717) is 24.1 Å². The number of nitrogens with zero attached hydrogens (tertiary/aromatic N) is 2. The Hall–Kier alpha value is -3.51. The van der Waals surface area contributed by atoms with Crippen LogP contribution in [0, 0.1) is 0 Å². The maximum absolute atomic E-state index is 13.6. The van der Waals surface area contributed by atoms with E-state index in [1.54, 1.807) is 23.5 Å². The molecule has 0 spiro atoms. The number of thiazole rings is 1. The van der Waals surface area contributed by atoms with Crippen molar-refractivity contribution in [3.63, 3.8) is 0 Å². The number of ether oxygens (including phenoxy) is 1. The number of benzene rings is 3. The molecule has 3 heterocycles. The summed E-state index contributed by atoms with van der Waals surface area (Å²) in [6.07, 6.45) is 2.10. The van der Waals surface area contributed by atoms with Gasteiger partial charge in [0.2, 0.25) is 0 Å². The highest BCUT2D eigenvalue weighted by molar-refractivity contribution is 7.18. The molecular weight excluding hydrogens is 432 g/mol. The number of esters is 1. The molecule has 3 aromatic carbocycles. The monoisotopic (exact) mass is 454 g/mol. The number of carbonyl (C=O) groups excluding carboxylic acids is 2. The molecule has 6 rings (SSSR count).